The van der Waals surface area contributed by atoms with Crippen molar-refractivity contribution in [1.29, 1.82) is 0 Å². The van der Waals surface area contributed by atoms with Crippen LogP contribution in [-0.2, 0) is 13.0 Å². The highest BCUT2D eigenvalue weighted by atomic mass is 15.4. The second kappa shape index (κ2) is 6.45. The summed E-state index contributed by atoms with van der Waals surface area (Å²) in [5.74, 6) is 0. The molecule has 1 aromatic carbocycles. The zero-order valence-corrected chi connectivity index (χ0v) is 11.9. The van der Waals surface area contributed by atoms with E-state index in [2.05, 4.69) is 33.5 Å². The second-order valence-electron chi connectivity index (χ2n) is 5.18. The minimum Gasteiger partial charge on any atom is -0.330 e. The Hall–Kier alpha value is -2.27. The molecule has 0 amide bonds. The Balaban J connectivity index is 1.70. The summed E-state index contributed by atoms with van der Waals surface area (Å²) in [7, 11) is 0. The zero-order chi connectivity index (χ0) is 14.5. The van der Waals surface area contributed by atoms with Crippen molar-refractivity contribution in [2.45, 2.75) is 25.8 Å². The van der Waals surface area contributed by atoms with Crippen LogP contribution in [0.15, 0.2) is 42.7 Å². The highest BCUT2D eigenvalue weighted by molar-refractivity contribution is 5.78. The van der Waals surface area contributed by atoms with Gasteiger partial charge in [-0.05, 0) is 49.6 Å². The van der Waals surface area contributed by atoms with Crippen LogP contribution in [0.3, 0.4) is 0 Å². The zero-order valence-electron chi connectivity index (χ0n) is 11.9. The molecule has 2 aromatic heterocycles. The molecule has 0 fully saturated rings. The van der Waals surface area contributed by atoms with Crippen LogP contribution in [0.25, 0.3) is 10.9 Å². The Morgan fingerprint density at radius 1 is 1.14 bits per heavy atom. The maximum absolute atomic E-state index is 5.50. The molecule has 0 aliphatic carbocycles. The van der Waals surface area contributed by atoms with Crippen molar-refractivity contribution < 1.29 is 0 Å². The van der Waals surface area contributed by atoms with E-state index in [1.807, 2.05) is 29.2 Å². The van der Waals surface area contributed by atoms with Crippen molar-refractivity contribution in [1.82, 2.24) is 20.0 Å². The molecule has 5 heteroatoms. The van der Waals surface area contributed by atoms with E-state index in [9.17, 15) is 0 Å². The van der Waals surface area contributed by atoms with Gasteiger partial charge in [0.2, 0.25) is 0 Å². The molecule has 0 atom stereocenters. The predicted molar refractivity (Wildman–Crippen MR) is 82.9 cm³/mol. The Morgan fingerprint density at radius 3 is 3.00 bits per heavy atom. The van der Waals surface area contributed by atoms with Crippen LogP contribution in [0.2, 0.25) is 0 Å². The summed E-state index contributed by atoms with van der Waals surface area (Å²) < 4.78 is 1.88. The topological polar surface area (TPSA) is 69.6 Å². The molecule has 0 aliphatic rings. The van der Waals surface area contributed by atoms with Crippen LogP contribution < -0.4 is 5.73 Å². The molecule has 21 heavy (non-hydrogen) atoms. The van der Waals surface area contributed by atoms with Crippen LogP contribution in [0.1, 0.15) is 24.1 Å². The third-order valence-corrected chi connectivity index (χ3v) is 3.49. The van der Waals surface area contributed by atoms with Crippen LogP contribution in [0.5, 0.6) is 0 Å². The van der Waals surface area contributed by atoms with Gasteiger partial charge < -0.3 is 5.73 Å². The van der Waals surface area contributed by atoms with E-state index >= 15 is 0 Å². The summed E-state index contributed by atoms with van der Waals surface area (Å²) in [5, 5.41) is 9.55. The first-order valence-corrected chi connectivity index (χ1v) is 7.28. The van der Waals surface area contributed by atoms with E-state index in [4.69, 9.17) is 5.73 Å². The number of aromatic nitrogens is 4. The Kier molecular flexibility index (Phi) is 4.21. The van der Waals surface area contributed by atoms with Gasteiger partial charge in [0.25, 0.3) is 0 Å². The maximum Gasteiger partial charge on any atom is 0.0827 e. The van der Waals surface area contributed by atoms with Crippen LogP contribution in [-0.4, -0.2) is 26.5 Å². The van der Waals surface area contributed by atoms with Crippen LogP contribution in [0, 0.1) is 0 Å². The lowest BCUT2D eigenvalue weighted by atomic mass is 10.1. The molecular weight excluding hydrogens is 262 g/mol. The van der Waals surface area contributed by atoms with Gasteiger partial charge in [0, 0.05) is 17.8 Å². The highest BCUT2D eigenvalue weighted by Gasteiger charge is 2.03. The molecular formula is C16H19N5. The number of pyridine rings is 1. The van der Waals surface area contributed by atoms with E-state index in [0.717, 1.165) is 48.9 Å². The molecule has 2 heterocycles. The minimum absolute atomic E-state index is 0.731. The first-order chi connectivity index (χ1) is 10.3. The molecule has 3 aromatic rings. The highest BCUT2D eigenvalue weighted by Crippen LogP contribution is 2.14. The van der Waals surface area contributed by atoms with Gasteiger partial charge >= 0.3 is 0 Å². The van der Waals surface area contributed by atoms with Crippen molar-refractivity contribution >= 4 is 10.9 Å². The van der Waals surface area contributed by atoms with E-state index in [-0.39, 0.29) is 0 Å². The smallest absolute Gasteiger partial charge is 0.0827 e. The molecule has 2 N–H and O–H groups in total. The van der Waals surface area contributed by atoms with Crippen molar-refractivity contribution in [2.24, 2.45) is 5.73 Å². The van der Waals surface area contributed by atoms with Crippen molar-refractivity contribution in [3.05, 3.63) is 54.0 Å². The Bertz CT molecular complexity index is 719. The lowest BCUT2D eigenvalue weighted by Gasteiger charge is -2.03. The molecule has 108 valence electrons. The standard InChI is InChI=1S/C16H19N5/c17-8-2-1-5-15-12-21(20-19-15)11-13-6-7-16-14(10-13)4-3-9-18-16/h3-4,6-7,9-10,12H,1-2,5,8,11,17H2. The first-order valence-electron chi connectivity index (χ1n) is 7.28. The summed E-state index contributed by atoms with van der Waals surface area (Å²) in [6.07, 6.45) is 6.87. The summed E-state index contributed by atoms with van der Waals surface area (Å²) in [4.78, 5) is 4.33. The van der Waals surface area contributed by atoms with Gasteiger partial charge in [0.05, 0.1) is 17.8 Å². The van der Waals surface area contributed by atoms with Crippen LogP contribution in [0.4, 0.5) is 0 Å². The Labute approximate surface area is 123 Å². The minimum atomic E-state index is 0.731. The number of nitrogens with zero attached hydrogens (tertiary/aromatic N) is 4. The number of rotatable bonds is 6. The maximum atomic E-state index is 5.50. The number of benzene rings is 1. The average molecular weight is 281 g/mol. The lowest BCUT2D eigenvalue weighted by Crippen LogP contribution is -2.00. The first kappa shape index (κ1) is 13.7. The predicted octanol–water partition coefficient (Wildman–Crippen LogP) is 2.16. The van der Waals surface area contributed by atoms with Gasteiger partial charge in [-0.15, -0.1) is 5.10 Å². The summed E-state index contributed by atoms with van der Waals surface area (Å²) >= 11 is 0. The molecule has 0 aliphatic heterocycles. The van der Waals surface area contributed by atoms with Gasteiger partial charge in [-0.3, -0.25) is 4.98 Å². The number of fused-ring (bicyclic) bond motifs is 1. The van der Waals surface area contributed by atoms with Gasteiger partial charge in [-0.1, -0.05) is 17.3 Å². The molecule has 0 saturated carbocycles. The largest absolute Gasteiger partial charge is 0.330 e. The SMILES string of the molecule is NCCCCc1cn(Cc2ccc3ncccc3c2)nn1. The van der Waals surface area contributed by atoms with E-state index < -0.39 is 0 Å². The normalized spacial score (nSPS) is 11.1. The fourth-order valence-corrected chi connectivity index (χ4v) is 2.39. The summed E-state index contributed by atoms with van der Waals surface area (Å²) in [6.45, 7) is 1.47. The van der Waals surface area contributed by atoms with Gasteiger partial charge in [0.15, 0.2) is 0 Å². The summed E-state index contributed by atoms with van der Waals surface area (Å²) in [6, 6.07) is 10.3. The fraction of sp³-hybridized carbons (Fsp3) is 0.312. The Morgan fingerprint density at radius 2 is 2.10 bits per heavy atom. The van der Waals surface area contributed by atoms with Gasteiger partial charge in [-0.2, -0.15) is 0 Å². The molecule has 5 nitrogen and oxygen atoms in total. The van der Waals surface area contributed by atoms with Crippen LogP contribution >= 0.6 is 0 Å². The molecule has 0 bridgehead atoms. The lowest BCUT2D eigenvalue weighted by molar-refractivity contribution is 0.649. The molecule has 0 radical (unpaired) electrons. The van der Waals surface area contributed by atoms with Crippen molar-refractivity contribution in [3.63, 3.8) is 0 Å². The number of hydrogen-bond donors (Lipinski definition) is 1. The quantitative estimate of drug-likeness (QED) is 0.703. The third-order valence-electron chi connectivity index (χ3n) is 3.49. The fourth-order valence-electron chi connectivity index (χ4n) is 2.39. The van der Waals surface area contributed by atoms with E-state index in [0.29, 0.717) is 0 Å². The third kappa shape index (κ3) is 3.44. The van der Waals surface area contributed by atoms with E-state index in [1.54, 1.807) is 0 Å². The molecule has 3 rings (SSSR count). The monoisotopic (exact) mass is 281 g/mol. The molecule has 0 unspecified atom stereocenters. The van der Waals surface area contributed by atoms with Gasteiger partial charge in [0.1, 0.15) is 0 Å². The second-order valence-corrected chi connectivity index (χ2v) is 5.18. The number of unbranched alkanes of at least 4 members (excludes halogenated alkanes) is 1. The molecule has 0 saturated heterocycles. The van der Waals surface area contributed by atoms with Crippen molar-refractivity contribution in [2.75, 3.05) is 6.54 Å². The van der Waals surface area contributed by atoms with E-state index in [1.165, 1.54) is 5.56 Å². The van der Waals surface area contributed by atoms with Gasteiger partial charge in [-0.25, -0.2) is 4.68 Å². The number of nitrogens with two attached hydrogens (primary N) is 1. The molecule has 0 spiro atoms. The summed E-state index contributed by atoms with van der Waals surface area (Å²) in [5.41, 5.74) is 8.75. The average Bonchev–Trinajstić information content (AvgIpc) is 2.95. The van der Waals surface area contributed by atoms with Crippen molar-refractivity contribution in [3.8, 4) is 0 Å². The number of aryl methyl sites for hydroxylation is 1. The number of hydrogen-bond acceptors (Lipinski definition) is 4.